The second-order valence-electron chi connectivity index (χ2n) is 14.0. The first-order valence-corrected chi connectivity index (χ1v) is 17.9. The van der Waals surface area contributed by atoms with Crippen molar-refractivity contribution in [1.29, 1.82) is 0 Å². The first-order valence-electron chi connectivity index (χ1n) is 17.9. The van der Waals surface area contributed by atoms with Gasteiger partial charge in [0.05, 0.1) is 27.6 Å². The fraction of sp³-hybridized carbons (Fsp3) is 0. The van der Waals surface area contributed by atoms with E-state index in [0.29, 0.717) is 0 Å². The number of para-hydroxylation sites is 3. The molecule has 11 aromatic rings. The molecule has 8 aromatic carbocycles. The molecular formula is C49H29N3. The van der Waals surface area contributed by atoms with Gasteiger partial charge in [0, 0.05) is 49.1 Å². The maximum absolute atomic E-state index is 5.37. The van der Waals surface area contributed by atoms with Crippen molar-refractivity contribution in [2.75, 3.05) is 0 Å². The Balaban J connectivity index is 1.13. The van der Waals surface area contributed by atoms with Crippen LogP contribution in [-0.4, -0.2) is 14.1 Å². The number of hydrogen-bond acceptors (Lipinski definition) is 1. The summed E-state index contributed by atoms with van der Waals surface area (Å²) in [6.07, 6.45) is 0. The van der Waals surface area contributed by atoms with Gasteiger partial charge < -0.3 is 4.57 Å². The number of rotatable bonds is 2. The van der Waals surface area contributed by atoms with Gasteiger partial charge in [0.15, 0.2) is 0 Å². The Morgan fingerprint density at radius 3 is 1.77 bits per heavy atom. The largest absolute Gasteiger partial charge is 0.309 e. The molecule has 1 aliphatic heterocycles. The van der Waals surface area contributed by atoms with Crippen LogP contribution in [0, 0.1) is 0 Å². The quantitative estimate of drug-likeness (QED) is 0.181. The minimum Gasteiger partial charge on any atom is -0.309 e. The lowest BCUT2D eigenvalue weighted by atomic mass is 9.93. The van der Waals surface area contributed by atoms with Crippen LogP contribution in [0.5, 0.6) is 0 Å². The number of pyridine rings is 1. The number of nitrogens with zero attached hydrogens (tertiary/aromatic N) is 3. The maximum Gasteiger partial charge on any atom is 0.146 e. The van der Waals surface area contributed by atoms with E-state index in [-0.39, 0.29) is 0 Å². The zero-order valence-corrected chi connectivity index (χ0v) is 28.1. The summed E-state index contributed by atoms with van der Waals surface area (Å²) >= 11 is 0. The molecule has 0 spiro atoms. The van der Waals surface area contributed by atoms with E-state index < -0.39 is 0 Å². The van der Waals surface area contributed by atoms with E-state index in [2.05, 4.69) is 185 Å². The van der Waals surface area contributed by atoms with Gasteiger partial charge in [0.25, 0.3) is 0 Å². The third-order valence-corrected chi connectivity index (χ3v) is 11.2. The van der Waals surface area contributed by atoms with E-state index in [4.69, 9.17) is 4.98 Å². The van der Waals surface area contributed by atoms with Gasteiger partial charge in [0.1, 0.15) is 5.82 Å². The highest BCUT2D eigenvalue weighted by Gasteiger charge is 2.26. The van der Waals surface area contributed by atoms with Gasteiger partial charge in [0.2, 0.25) is 0 Å². The molecule has 0 fully saturated rings. The SMILES string of the molecule is c1ccc(-n2c3ccc(-c4ccc5c(c4)c4cccc6c4n5-c4nc5ccccc5cc4-c4ccccc4-6)cc3c3ccc4ccccc4c32)cc1. The van der Waals surface area contributed by atoms with Crippen LogP contribution in [0.15, 0.2) is 176 Å². The monoisotopic (exact) mass is 659 g/mol. The lowest BCUT2D eigenvalue weighted by molar-refractivity contribution is 1.11. The third kappa shape index (κ3) is 3.72. The van der Waals surface area contributed by atoms with Crippen LogP contribution in [0.2, 0.25) is 0 Å². The summed E-state index contributed by atoms with van der Waals surface area (Å²) < 4.78 is 4.84. The molecule has 0 N–H and O–H groups in total. The summed E-state index contributed by atoms with van der Waals surface area (Å²) in [6.45, 7) is 0. The number of benzene rings is 8. The zero-order chi connectivity index (χ0) is 33.9. The minimum atomic E-state index is 0.978. The van der Waals surface area contributed by atoms with Crippen LogP contribution < -0.4 is 0 Å². The number of aromatic nitrogens is 3. The molecule has 0 saturated carbocycles. The van der Waals surface area contributed by atoms with Crippen molar-refractivity contribution in [2.24, 2.45) is 0 Å². The van der Waals surface area contributed by atoms with Crippen molar-refractivity contribution in [1.82, 2.24) is 14.1 Å². The molecule has 12 rings (SSSR count). The Kier molecular flexibility index (Phi) is 5.50. The van der Waals surface area contributed by atoms with Crippen molar-refractivity contribution < 1.29 is 0 Å². The average Bonchev–Trinajstić information content (AvgIpc) is 3.69. The van der Waals surface area contributed by atoms with E-state index in [0.717, 1.165) is 27.8 Å². The summed E-state index contributed by atoms with van der Waals surface area (Å²) in [7, 11) is 0. The average molecular weight is 660 g/mol. The summed E-state index contributed by atoms with van der Waals surface area (Å²) in [5.41, 5.74) is 14.2. The van der Waals surface area contributed by atoms with Gasteiger partial charge in [-0.05, 0) is 76.2 Å². The van der Waals surface area contributed by atoms with Gasteiger partial charge in [-0.3, -0.25) is 4.57 Å². The molecule has 0 saturated heterocycles. The highest BCUT2D eigenvalue weighted by molar-refractivity contribution is 6.20. The predicted molar refractivity (Wildman–Crippen MR) is 218 cm³/mol. The van der Waals surface area contributed by atoms with Crippen molar-refractivity contribution >= 4 is 65.3 Å². The summed E-state index contributed by atoms with van der Waals surface area (Å²) in [5, 5.41) is 8.63. The van der Waals surface area contributed by atoms with Crippen molar-refractivity contribution in [2.45, 2.75) is 0 Å². The van der Waals surface area contributed by atoms with Crippen LogP contribution in [0.1, 0.15) is 0 Å². The van der Waals surface area contributed by atoms with E-state index in [9.17, 15) is 0 Å². The van der Waals surface area contributed by atoms with Crippen LogP contribution in [0.25, 0.3) is 110 Å². The fourth-order valence-corrected chi connectivity index (χ4v) is 8.92. The van der Waals surface area contributed by atoms with Crippen molar-refractivity contribution in [3.63, 3.8) is 0 Å². The molecule has 3 nitrogen and oxygen atoms in total. The Labute approximate surface area is 299 Å². The molecular weight excluding hydrogens is 631 g/mol. The Hall–Kier alpha value is -6.97. The molecule has 0 unspecified atom stereocenters. The van der Waals surface area contributed by atoms with Gasteiger partial charge in [-0.15, -0.1) is 0 Å². The van der Waals surface area contributed by atoms with Crippen molar-refractivity contribution in [3.05, 3.63) is 176 Å². The van der Waals surface area contributed by atoms with Crippen LogP contribution in [0.3, 0.4) is 0 Å². The van der Waals surface area contributed by atoms with Crippen LogP contribution in [-0.2, 0) is 0 Å². The predicted octanol–water partition coefficient (Wildman–Crippen LogP) is 12.9. The first kappa shape index (κ1) is 27.8. The molecule has 0 atom stereocenters. The molecule has 3 heteroatoms. The Bertz CT molecular complexity index is 3290. The molecule has 0 radical (unpaired) electrons. The highest BCUT2D eigenvalue weighted by atomic mass is 15.1. The topological polar surface area (TPSA) is 22.8 Å². The summed E-state index contributed by atoms with van der Waals surface area (Å²) in [6, 6.07) is 64.3. The van der Waals surface area contributed by atoms with Crippen LogP contribution in [0.4, 0.5) is 0 Å². The second kappa shape index (κ2) is 10.3. The van der Waals surface area contributed by atoms with E-state index in [1.807, 2.05) is 0 Å². The molecule has 240 valence electrons. The fourth-order valence-electron chi connectivity index (χ4n) is 8.92. The second-order valence-corrected chi connectivity index (χ2v) is 14.0. The van der Waals surface area contributed by atoms with Gasteiger partial charge in [-0.2, -0.15) is 0 Å². The van der Waals surface area contributed by atoms with Gasteiger partial charge in [-0.1, -0.05) is 127 Å². The Morgan fingerprint density at radius 2 is 0.962 bits per heavy atom. The Morgan fingerprint density at radius 1 is 0.346 bits per heavy atom. The molecule has 0 bridgehead atoms. The van der Waals surface area contributed by atoms with Crippen molar-refractivity contribution in [3.8, 4) is 44.9 Å². The van der Waals surface area contributed by atoms with E-state index in [1.54, 1.807) is 0 Å². The van der Waals surface area contributed by atoms with Gasteiger partial charge >= 0.3 is 0 Å². The molecule has 1 aliphatic rings. The minimum absolute atomic E-state index is 0.978. The molecule has 4 heterocycles. The molecule has 3 aromatic heterocycles. The molecule has 0 amide bonds. The maximum atomic E-state index is 5.37. The first-order chi connectivity index (χ1) is 25.8. The van der Waals surface area contributed by atoms with Crippen LogP contribution >= 0.6 is 0 Å². The molecule has 0 aliphatic carbocycles. The smallest absolute Gasteiger partial charge is 0.146 e. The van der Waals surface area contributed by atoms with Gasteiger partial charge in [-0.25, -0.2) is 4.98 Å². The number of fused-ring (bicyclic) bond motifs is 14. The number of hydrogen-bond donors (Lipinski definition) is 0. The van der Waals surface area contributed by atoms with E-state index >= 15 is 0 Å². The highest BCUT2D eigenvalue weighted by Crippen LogP contribution is 2.47. The lowest BCUT2D eigenvalue weighted by Crippen LogP contribution is -2.00. The normalized spacial score (nSPS) is 12.2. The molecule has 52 heavy (non-hydrogen) atoms. The van der Waals surface area contributed by atoms with E-state index in [1.165, 1.54) is 82.4 Å². The summed E-state index contributed by atoms with van der Waals surface area (Å²) in [5.74, 6) is 0.978. The zero-order valence-electron chi connectivity index (χ0n) is 28.1. The summed E-state index contributed by atoms with van der Waals surface area (Å²) in [4.78, 5) is 5.37. The lowest BCUT2D eigenvalue weighted by Gasteiger charge is -2.13. The standard InChI is InChI=1S/C49H29N3/c1-2-13-34(14-3-1)51-45-25-22-31(28-42(45)40-24-21-30-11-4-6-15-35(30)47(40)51)32-23-26-46-41(27-32)39-19-10-18-38-36-16-7-8-17-37(36)43-29-33-12-5-9-20-44(33)50-49(43)52(46)48(38)39/h1-29H. The third-order valence-electron chi connectivity index (χ3n) is 11.2.